The number of rotatable bonds is 7. The number of methoxy groups -OCH3 is 2. The van der Waals surface area contributed by atoms with Gasteiger partial charge in [0.25, 0.3) is 0 Å². The van der Waals surface area contributed by atoms with Crippen LogP contribution in [0.1, 0.15) is 21.5 Å². The summed E-state index contributed by atoms with van der Waals surface area (Å²) in [6, 6.07) is 10.2. The number of carboxylic acids is 1. The first-order valence-electron chi connectivity index (χ1n) is 7.39. The number of ether oxygens (including phenoxy) is 2. The maximum atomic E-state index is 12.4. The molecular weight excluding hydrogens is 388 g/mol. The van der Waals surface area contributed by atoms with Gasteiger partial charge in [-0.15, -0.1) is 0 Å². The predicted octanol–water partition coefficient (Wildman–Crippen LogP) is 3.99. The Balaban J connectivity index is 2.29. The zero-order valence-corrected chi connectivity index (χ0v) is 15.4. The van der Waals surface area contributed by atoms with E-state index >= 15 is 0 Å². The molecule has 5 nitrogen and oxygen atoms in total. The van der Waals surface area contributed by atoms with Crippen LogP contribution < -0.4 is 9.47 Å². The quantitative estimate of drug-likeness (QED) is 0.557. The molecule has 0 bridgehead atoms. The van der Waals surface area contributed by atoms with E-state index in [2.05, 4.69) is 15.9 Å². The van der Waals surface area contributed by atoms with Crippen LogP contribution in [0.15, 0.2) is 46.9 Å². The van der Waals surface area contributed by atoms with Crippen LogP contribution in [-0.2, 0) is 11.2 Å². The van der Waals surface area contributed by atoms with E-state index in [-0.39, 0.29) is 12.2 Å². The van der Waals surface area contributed by atoms with E-state index in [1.165, 1.54) is 19.3 Å². The summed E-state index contributed by atoms with van der Waals surface area (Å²) < 4.78 is 11.3. The number of carboxylic acid groups (broad SMARTS) is 1. The highest BCUT2D eigenvalue weighted by Gasteiger charge is 2.11. The van der Waals surface area contributed by atoms with Crippen LogP contribution in [0.25, 0.3) is 6.08 Å². The van der Waals surface area contributed by atoms with Crippen molar-refractivity contribution in [3.8, 4) is 11.5 Å². The second kappa shape index (κ2) is 8.48. The molecular formula is C19H17BrO5. The predicted molar refractivity (Wildman–Crippen MR) is 98.4 cm³/mol. The van der Waals surface area contributed by atoms with E-state index in [0.717, 1.165) is 10.0 Å². The summed E-state index contributed by atoms with van der Waals surface area (Å²) >= 11 is 3.38. The summed E-state index contributed by atoms with van der Waals surface area (Å²) in [4.78, 5) is 23.4. The number of benzene rings is 2. The number of carbonyl (C=O) groups excluding carboxylic acids is 1. The van der Waals surface area contributed by atoms with Gasteiger partial charge in [0.15, 0.2) is 5.78 Å². The van der Waals surface area contributed by atoms with Crippen LogP contribution in [-0.4, -0.2) is 31.1 Å². The molecule has 25 heavy (non-hydrogen) atoms. The third kappa shape index (κ3) is 4.93. The molecule has 2 aromatic carbocycles. The molecule has 0 unspecified atom stereocenters. The van der Waals surface area contributed by atoms with Gasteiger partial charge in [0.2, 0.25) is 0 Å². The van der Waals surface area contributed by atoms with Gasteiger partial charge >= 0.3 is 5.97 Å². The second-order valence-corrected chi connectivity index (χ2v) is 6.10. The van der Waals surface area contributed by atoms with Crippen LogP contribution in [0.4, 0.5) is 0 Å². The molecule has 130 valence electrons. The third-order valence-electron chi connectivity index (χ3n) is 3.51. The highest BCUT2D eigenvalue weighted by molar-refractivity contribution is 9.10. The molecule has 0 aliphatic heterocycles. The highest BCUT2D eigenvalue weighted by Crippen LogP contribution is 2.25. The van der Waals surface area contributed by atoms with Gasteiger partial charge in [-0.3, -0.25) is 9.59 Å². The van der Waals surface area contributed by atoms with Gasteiger partial charge in [0.1, 0.15) is 11.5 Å². The molecule has 0 aliphatic rings. The topological polar surface area (TPSA) is 72.8 Å². The van der Waals surface area contributed by atoms with Gasteiger partial charge in [-0.05, 0) is 48.6 Å². The second-order valence-electron chi connectivity index (χ2n) is 5.18. The molecule has 0 atom stereocenters. The van der Waals surface area contributed by atoms with E-state index in [0.29, 0.717) is 22.6 Å². The number of aliphatic carboxylic acids is 1. The zero-order chi connectivity index (χ0) is 18.4. The van der Waals surface area contributed by atoms with Crippen LogP contribution in [0.2, 0.25) is 0 Å². The standard InChI is InChI=1S/C19H17BrO5/c1-24-17-8-5-15(20)10-13(17)3-6-16(21)12-4-7-18(25-2)14(9-12)11-19(22)23/h3-10H,11H2,1-2H3,(H,22,23)/b6-3+. The van der Waals surface area contributed by atoms with Crippen molar-refractivity contribution in [2.75, 3.05) is 14.2 Å². The van der Waals surface area contributed by atoms with Gasteiger partial charge < -0.3 is 14.6 Å². The lowest BCUT2D eigenvalue weighted by molar-refractivity contribution is -0.136. The fraction of sp³-hybridized carbons (Fsp3) is 0.158. The lowest BCUT2D eigenvalue weighted by Gasteiger charge is -2.08. The minimum Gasteiger partial charge on any atom is -0.496 e. The monoisotopic (exact) mass is 404 g/mol. The molecule has 0 saturated heterocycles. The van der Waals surface area contributed by atoms with Gasteiger partial charge in [-0.1, -0.05) is 15.9 Å². The molecule has 0 amide bonds. The van der Waals surface area contributed by atoms with Crippen LogP contribution in [0, 0.1) is 0 Å². The zero-order valence-electron chi connectivity index (χ0n) is 13.8. The molecule has 0 saturated carbocycles. The average Bonchev–Trinajstić information content (AvgIpc) is 2.59. The molecule has 1 N–H and O–H groups in total. The van der Waals surface area contributed by atoms with Crippen molar-refractivity contribution in [1.29, 1.82) is 0 Å². The largest absolute Gasteiger partial charge is 0.496 e. The molecule has 2 aromatic rings. The minimum atomic E-state index is -0.989. The number of hydrogen-bond acceptors (Lipinski definition) is 4. The third-order valence-corrected chi connectivity index (χ3v) is 4.01. The number of allylic oxidation sites excluding steroid dienone is 1. The van der Waals surface area contributed by atoms with E-state index in [4.69, 9.17) is 14.6 Å². The highest BCUT2D eigenvalue weighted by atomic mass is 79.9. The molecule has 0 aliphatic carbocycles. The first kappa shape index (κ1) is 18.7. The minimum absolute atomic E-state index is 0.215. The van der Waals surface area contributed by atoms with Crippen LogP contribution in [0.3, 0.4) is 0 Å². The summed E-state index contributed by atoms with van der Waals surface area (Å²) in [7, 11) is 3.02. The Bertz CT molecular complexity index is 827. The lowest BCUT2D eigenvalue weighted by atomic mass is 10.0. The summed E-state index contributed by atoms with van der Waals surface area (Å²) in [6.45, 7) is 0. The normalized spacial score (nSPS) is 10.7. The van der Waals surface area contributed by atoms with Crippen molar-refractivity contribution in [2.45, 2.75) is 6.42 Å². The molecule has 0 radical (unpaired) electrons. The summed E-state index contributed by atoms with van der Waals surface area (Å²) in [5.74, 6) is -0.140. The number of ketones is 1. The van der Waals surface area contributed by atoms with Crippen LogP contribution >= 0.6 is 15.9 Å². The van der Waals surface area contributed by atoms with Gasteiger partial charge in [-0.2, -0.15) is 0 Å². The molecule has 0 fully saturated rings. The van der Waals surface area contributed by atoms with Gasteiger partial charge in [-0.25, -0.2) is 0 Å². The number of carbonyl (C=O) groups is 2. The van der Waals surface area contributed by atoms with E-state index in [1.807, 2.05) is 12.1 Å². The Morgan fingerprint density at radius 3 is 2.40 bits per heavy atom. The summed E-state index contributed by atoms with van der Waals surface area (Å²) in [5.41, 5.74) is 1.60. The molecule has 2 rings (SSSR count). The van der Waals surface area contributed by atoms with Crippen molar-refractivity contribution in [3.63, 3.8) is 0 Å². The Kier molecular flexibility index (Phi) is 6.36. The summed E-state index contributed by atoms with van der Waals surface area (Å²) in [6.07, 6.45) is 2.87. The van der Waals surface area contributed by atoms with Crippen molar-refractivity contribution in [1.82, 2.24) is 0 Å². The lowest BCUT2D eigenvalue weighted by Crippen LogP contribution is -2.04. The number of halogens is 1. The first-order valence-corrected chi connectivity index (χ1v) is 8.18. The van der Waals surface area contributed by atoms with E-state index in [9.17, 15) is 9.59 Å². The van der Waals surface area contributed by atoms with Crippen LogP contribution in [0.5, 0.6) is 11.5 Å². The summed E-state index contributed by atoms with van der Waals surface area (Å²) in [5, 5.41) is 8.98. The molecule has 0 aromatic heterocycles. The first-order chi connectivity index (χ1) is 11.9. The van der Waals surface area contributed by atoms with Crippen molar-refractivity contribution >= 4 is 33.8 Å². The van der Waals surface area contributed by atoms with E-state index in [1.54, 1.807) is 31.4 Å². The maximum absolute atomic E-state index is 12.4. The molecule has 0 heterocycles. The fourth-order valence-electron chi connectivity index (χ4n) is 2.33. The Morgan fingerprint density at radius 2 is 1.76 bits per heavy atom. The Hall–Kier alpha value is -2.60. The van der Waals surface area contributed by atoms with Crippen molar-refractivity contribution in [3.05, 3.63) is 63.6 Å². The Labute approximate surface area is 154 Å². The van der Waals surface area contributed by atoms with Crippen molar-refractivity contribution in [2.24, 2.45) is 0 Å². The number of hydrogen-bond donors (Lipinski definition) is 1. The van der Waals surface area contributed by atoms with E-state index < -0.39 is 5.97 Å². The molecule has 0 spiro atoms. The smallest absolute Gasteiger partial charge is 0.307 e. The Morgan fingerprint density at radius 1 is 1.08 bits per heavy atom. The SMILES string of the molecule is COc1ccc(Br)cc1/C=C/C(=O)c1ccc(OC)c(CC(=O)O)c1. The van der Waals surface area contributed by atoms with Crippen molar-refractivity contribution < 1.29 is 24.2 Å². The fourth-order valence-corrected chi connectivity index (χ4v) is 2.71. The average molecular weight is 405 g/mol. The molecule has 6 heteroatoms. The van der Waals surface area contributed by atoms with Gasteiger partial charge in [0.05, 0.1) is 20.6 Å². The van der Waals surface area contributed by atoms with Gasteiger partial charge in [0, 0.05) is 21.2 Å². The maximum Gasteiger partial charge on any atom is 0.307 e.